The van der Waals surface area contributed by atoms with Crippen LogP contribution in [-0.4, -0.2) is 62.0 Å². The first-order chi connectivity index (χ1) is 15.3. The first-order valence-corrected chi connectivity index (χ1v) is 10.2. The lowest BCUT2D eigenvalue weighted by Crippen LogP contribution is -2.34. The van der Waals surface area contributed by atoms with Crippen molar-refractivity contribution >= 4 is 23.2 Å². The van der Waals surface area contributed by atoms with Gasteiger partial charge in [-0.15, -0.1) is 0 Å². The maximum atomic E-state index is 12.6. The SMILES string of the molecule is CCN(CC)CCNC(=O)c1ccc(NC(=O)c2ccc(OC)c([N+](=O)[O-])c2)cc1OC. The van der Waals surface area contributed by atoms with Gasteiger partial charge >= 0.3 is 5.69 Å². The summed E-state index contributed by atoms with van der Waals surface area (Å²) in [4.78, 5) is 37.9. The number of nitrogens with one attached hydrogen (secondary N) is 2. The fourth-order valence-electron chi connectivity index (χ4n) is 3.10. The molecule has 32 heavy (non-hydrogen) atoms. The topological polar surface area (TPSA) is 123 Å². The summed E-state index contributed by atoms with van der Waals surface area (Å²) in [6.45, 7) is 7.17. The molecule has 0 aliphatic carbocycles. The van der Waals surface area contributed by atoms with Crippen molar-refractivity contribution in [2.45, 2.75) is 13.8 Å². The van der Waals surface area contributed by atoms with E-state index in [0.717, 1.165) is 25.7 Å². The van der Waals surface area contributed by atoms with Gasteiger partial charge in [-0.2, -0.15) is 0 Å². The Morgan fingerprint density at radius 3 is 2.28 bits per heavy atom. The molecule has 0 aromatic heterocycles. The number of ether oxygens (including phenoxy) is 2. The van der Waals surface area contributed by atoms with Crippen LogP contribution in [0.5, 0.6) is 11.5 Å². The number of amides is 2. The highest BCUT2D eigenvalue weighted by atomic mass is 16.6. The number of anilines is 1. The number of hydrogen-bond acceptors (Lipinski definition) is 7. The smallest absolute Gasteiger partial charge is 0.311 e. The second kappa shape index (κ2) is 11.7. The van der Waals surface area contributed by atoms with Crippen molar-refractivity contribution in [3.8, 4) is 11.5 Å². The predicted octanol–water partition coefficient (Wildman–Crippen LogP) is 2.94. The second-order valence-electron chi connectivity index (χ2n) is 6.80. The number of nitrogens with zero attached hydrogens (tertiary/aromatic N) is 2. The maximum Gasteiger partial charge on any atom is 0.311 e. The first kappa shape index (κ1) is 24.6. The molecular formula is C22H28N4O6. The highest BCUT2D eigenvalue weighted by Crippen LogP contribution is 2.28. The number of methoxy groups -OCH3 is 2. The van der Waals surface area contributed by atoms with Crippen LogP contribution in [0.4, 0.5) is 11.4 Å². The second-order valence-corrected chi connectivity index (χ2v) is 6.80. The van der Waals surface area contributed by atoms with Gasteiger partial charge in [0.05, 0.1) is 24.7 Å². The Bertz CT molecular complexity index is 975. The Labute approximate surface area is 186 Å². The summed E-state index contributed by atoms with van der Waals surface area (Å²) in [6.07, 6.45) is 0. The number of carbonyl (C=O) groups excluding carboxylic acids is 2. The Hall–Kier alpha value is -3.66. The van der Waals surface area contributed by atoms with Crippen LogP contribution in [0.25, 0.3) is 0 Å². The zero-order chi connectivity index (χ0) is 23.7. The van der Waals surface area contributed by atoms with E-state index in [-0.39, 0.29) is 22.9 Å². The maximum absolute atomic E-state index is 12.6. The molecule has 0 spiro atoms. The van der Waals surface area contributed by atoms with Crippen molar-refractivity contribution in [1.82, 2.24) is 10.2 Å². The van der Waals surface area contributed by atoms with Crippen LogP contribution in [0.3, 0.4) is 0 Å². The van der Waals surface area contributed by atoms with E-state index in [1.807, 2.05) is 0 Å². The minimum absolute atomic E-state index is 0.0598. The third-order valence-electron chi connectivity index (χ3n) is 4.95. The summed E-state index contributed by atoms with van der Waals surface area (Å²) in [7, 11) is 2.75. The standard InChI is InChI=1S/C22H28N4O6/c1-5-25(6-2)12-11-23-22(28)17-9-8-16(14-20(17)32-4)24-21(27)15-7-10-19(31-3)18(13-15)26(29)30/h7-10,13-14H,5-6,11-12H2,1-4H3,(H,23,28)(H,24,27). The van der Waals surface area contributed by atoms with Crippen LogP contribution < -0.4 is 20.1 Å². The number of nitro benzene ring substituents is 1. The van der Waals surface area contributed by atoms with Crippen LogP contribution in [0.15, 0.2) is 36.4 Å². The van der Waals surface area contributed by atoms with Gasteiger partial charge in [0.25, 0.3) is 11.8 Å². The van der Waals surface area contributed by atoms with E-state index in [9.17, 15) is 19.7 Å². The van der Waals surface area contributed by atoms with Gasteiger partial charge in [0.1, 0.15) is 5.75 Å². The number of nitro groups is 1. The quantitative estimate of drug-likeness (QED) is 0.403. The summed E-state index contributed by atoms with van der Waals surface area (Å²) in [5, 5.41) is 16.7. The van der Waals surface area contributed by atoms with Crippen molar-refractivity contribution in [1.29, 1.82) is 0 Å². The van der Waals surface area contributed by atoms with Gasteiger partial charge in [-0.25, -0.2) is 0 Å². The Kier molecular flexibility index (Phi) is 8.96. The number of rotatable bonds is 11. The van der Waals surface area contributed by atoms with E-state index in [4.69, 9.17) is 9.47 Å². The molecule has 10 nitrogen and oxygen atoms in total. The lowest BCUT2D eigenvalue weighted by molar-refractivity contribution is -0.385. The molecule has 0 radical (unpaired) electrons. The average molecular weight is 444 g/mol. The molecule has 0 saturated carbocycles. The molecule has 0 aliphatic heterocycles. The molecule has 2 rings (SSSR count). The zero-order valence-corrected chi connectivity index (χ0v) is 18.6. The highest BCUT2D eigenvalue weighted by Gasteiger charge is 2.19. The molecule has 0 aliphatic rings. The Morgan fingerprint density at radius 2 is 1.69 bits per heavy atom. The Morgan fingerprint density at radius 1 is 1.00 bits per heavy atom. The molecule has 2 aromatic rings. The van der Waals surface area contributed by atoms with E-state index in [1.54, 1.807) is 12.1 Å². The molecule has 0 saturated heterocycles. The van der Waals surface area contributed by atoms with Gasteiger partial charge in [0, 0.05) is 36.5 Å². The molecule has 0 unspecified atom stereocenters. The van der Waals surface area contributed by atoms with E-state index in [1.165, 1.54) is 32.4 Å². The van der Waals surface area contributed by atoms with E-state index < -0.39 is 10.8 Å². The minimum atomic E-state index is -0.619. The Balaban J connectivity index is 2.12. The highest BCUT2D eigenvalue weighted by molar-refractivity contribution is 6.05. The van der Waals surface area contributed by atoms with Crippen molar-refractivity contribution in [3.63, 3.8) is 0 Å². The molecule has 2 N–H and O–H groups in total. The molecule has 0 heterocycles. The van der Waals surface area contributed by atoms with Gasteiger partial charge < -0.3 is 25.0 Å². The molecule has 10 heteroatoms. The van der Waals surface area contributed by atoms with Gasteiger partial charge in [-0.3, -0.25) is 19.7 Å². The monoisotopic (exact) mass is 444 g/mol. The largest absolute Gasteiger partial charge is 0.496 e. The van der Waals surface area contributed by atoms with Crippen LogP contribution in [-0.2, 0) is 0 Å². The summed E-state index contributed by atoms with van der Waals surface area (Å²) < 4.78 is 10.3. The first-order valence-electron chi connectivity index (χ1n) is 10.2. The van der Waals surface area contributed by atoms with Gasteiger partial charge in [0.15, 0.2) is 5.75 Å². The van der Waals surface area contributed by atoms with Gasteiger partial charge in [-0.1, -0.05) is 13.8 Å². The number of benzene rings is 2. The fraction of sp³-hybridized carbons (Fsp3) is 0.364. The normalized spacial score (nSPS) is 10.5. The third kappa shape index (κ3) is 6.17. The van der Waals surface area contributed by atoms with Crippen molar-refractivity contribution < 1.29 is 24.0 Å². The fourth-order valence-corrected chi connectivity index (χ4v) is 3.10. The van der Waals surface area contributed by atoms with Crippen molar-refractivity contribution in [2.24, 2.45) is 0 Å². The molecular weight excluding hydrogens is 416 g/mol. The minimum Gasteiger partial charge on any atom is -0.496 e. The third-order valence-corrected chi connectivity index (χ3v) is 4.95. The van der Waals surface area contributed by atoms with Crippen molar-refractivity contribution in [2.75, 3.05) is 45.7 Å². The summed E-state index contributed by atoms with van der Waals surface area (Å²) in [6, 6.07) is 8.57. The molecule has 0 atom stereocenters. The lowest BCUT2D eigenvalue weighted by Gasteiger charge is -2.18. The summed E-state index contributed by atoms with van der Waals surface area (Å²) in [5.41, 5.74) is 0.499. The van der Waals surface area contributed by atoms with Crippen LogP contribution in [0.1, 0.15) is 34.6 Å². The lowest BCUT2D eigenvalue weighted by atomic mass is 10.1. The number of carbonyl (C=O) groups is 2. The summed E-state index contributed by atoms with van der Waals surface area (Å²) >= 11 is 0. The van der Waals surface area contributed by atoms with Crippen molar-refractivity contribution in [3.05, 3.63) is 57.6 Å². The molecule has 172 valence electrons. The summed E-state index contributed by atoms with van der Waals surface area (Å²) in [5.74, 6) is -0.472. The molecule has 2 amide bonds. The average Bonchev–Trinajstić information content (AvgIpc) is 2.80. The van der Waals surface area contributed by atoms with Crippen LogP contribution in [0, 0.1) is 10.1 Å². The van der Waals surface area contributed by atoms with E-state index in [2.05, 4.69) is 29.4 Å². The molecule has 0 fully saturated rings. The number of likely N-dealkylation sites (N-methyl/N-ethyl adjacent to an activating group) is 1. The molecule has 2 aromatic carbocycles. The van der Waals surface area contributed by atoms with Gasteiger partial charge in [-0.05, 0) is 37.4 Å². The van der Waals surface area contributed by atoms with Crippen LogP contribution >= 0.6 is 0 Å². The predicted molar refractivity (Wildman–Crippen MR) is 121 cm³/mol. The van der Waals surface area contributed by atoms with Crippen LogP contribution in [0.2, 0.25) is 0 Å². The van der Waals surface area contributed by atoms with E-state index in [0.29, 0.717) is 23.5 Å². The molecule has 0 bridgehead atoms. The zero-order valence-electron chi connectivity index (χ0n) is 18.6. The van der Waals surface area contributed by atoms with Gasteiger partial charge in [0.2, 0.25) is 0 Å². The number of hydrogen-bond donors (Lipinski definition) is 2. The van der Waals surface area contributed by atoms with E-state index >= 15 is 0 Å².